The minimum absolute atomic E-state index is 0.172. The van der Waals surface area contributed by atoms with E-state index < -0.39 is 0 Å². The number of rotatable bonds is 2. The summed E-state index contributed by atoms with van der Waals surface area (Å²) in [7, 11) is 0. The quantitative estimate of drug-likeness (QED) is 0.754. The maximum atomic E-state index is 11.1. The van der Waals surface area contributed by atoms with Gasteiger partial charge in [0.25, 0.3) is 0 Å². The van der Waals surface area contributed by atoms with Crippen LogP contribution in [0.25, 0.3) is 0 Å². The van der Waals surface area contributed by atoms with E-state index in [1.54, 1.807) is 11.8 Å². The van der Waals surface area contributed by atoms with Gasteiger partial charge in [-0.15, -0.1) is 11.8 Å². The predicted molar refractivity (Wildman–Crippen MR) is 58.3 cm³/mol. The lowest BCUT2D eigenvalue weighted by Gasteiger charge is -2.13. The molecule has 1 aliphatic heterocycles. The zero-order valence-electron chi connectivity index (χ0n) is 8.12. The first kappa shape index (κ1) is 9.59. The summed E-state index contributed by atoms with van der Waals surface area (Å²) >= 11 is 1.73. The molecule has 0 spiro atoms. The molecule has 1 N–H and O–H groups in total. The lowest BCUT2D eigenvalue weighted by atomic mass is 10.1. The summed E-state index contributed by atoms with van der Waals surface area (Å²) in [6, 6.07) is 8.49. The van der Waals surface area contributed by atoms with Crippen LogP contribution in [0.1, 0.15) is 24.4 Å². The maximum Gasteiger partial charge on any atom is 0.220 e. The van der Waals surface area contributed by atoms with Crippen LogP contribution in [-0.2, 0) is 4.79 Å². The van der Waals surface area contributed by atoms with Gasteiger partial charge in [-0.3, -0.25) is 4.79 Å². The second-order valence-corrected chi connectivity index (χ2v) is 4.25. The molecule has 1 aliphatic rings. The van der Waals surface area contributed by atoms with Gasteiger partial charge >= 0.3 is 0 Å². The summed E-state index contributed by atoms with van der Waals surface area (Å²) in [5.74, 6) is 0.172. The van der Waals surface area contributed by atoms with Crippen LogP contribution >= 0.6 is 11.8 Å². The number of thioether (sulfide) groups is 1. The van der Waals surface area contributed by atoms with Gasteiger partial charge in [-0.05, 0) is 24.3 Å². The van der Waals surface area contributed by atoms with Crippen molar-refractivity contribution in [3.05, 3.63) is 29.8 Å². The highest BCUT2D eigenvalue weighted by Gasteiger charge is 2.23. The number of hydrogen-bond donors (Lipinski definition) is 1. The number of amides is 1. The minimum atomic E-state index is 0.172. The Hall–Kier alpha value is -0.960. The van der Waals surface area contributed by atoms with E-state index >= 15 is 0 Å². The van der Waals surface area contributed by atoms with Crippen LogP contribution in [0.4, 0.5) is 0 Å². The van der Waals surface area contributed by atoms with Crippen molar-refractivity contribution < 1.29 is 4.79 Å². The van der Waals surface area contributed by atoms with Gasteiger partial charge in [0, 0.05) is 11.3 Å². The average Bonchev–Trinajstić information content (AvgIpc) is 2.65. The van der Waals surface area contributed by atoms with E-state index in [1.807, 2.05) is 12.1 Å². The third kappa shape index (κ3) is 1.77. The number of nitrogens with one attached hydrogen (secondary N) is 1. The van der Waals surface area contributed by atoms with Crippen molar-refractivity contribution in [3.63, 3.8) is 0 Å². The van der Waals surface area contributed by atoms with E-state index in [-0.39, 0.29) is 11.9 Å². The van der Waals surface area contributed by atoms with Crippen LogP contribution in [0.3, 0.4) is 0 Å². The van der Waals surface area contributed by atoms with Crippen LogP contribution in [0.5, 0.6) is 0 Å². The van der Waals surface area contributed by atoms with Gasteiger partial charge in [0.2, 0.25) is 5.91 Å². The zero-order valence-corrected chi connectivity index (χ0v) is 8.93. The summed E-state index contributed by atoms with van der Waals surface area (Å²) in [6.45, 7) is 0. The fourth-order valence-corrected chi connectivity index (χ4v) is 2.46. The van der Waals surface area contributed by atoms with Gasteiger partial charge in [-0.2, -0.15) is 0 Å². The highest BCUT2D eigenvalue weighted by atomic mass is 32.2. The Labute approximate surface area is 88.1 Å². The van der Waals surface area contributed by atoms with E-state index in [0.717, 1.165) is 6.42 Å². The van der Waals surface area contributed by atoms with E-state index in [0.29, 0.717) is 6.42 Å². The first-order chi connectivity index (χ1) is 6.81. The summed E-state index contributed by atoms with van der Waals surface area (Å²) < 4.78 is 0. The topological polar surface area (TPSA) is 29.1 Å². The molecular weight excluding hydrogens is 194 g/mol. The number of carbonyl (C=O) groups excluding carboxylic acids is 1. The van der Waals surface area contributed by atoms with E-state index in [1.165, 1.54) is 10.5 Å². The fourth-order valence-electron chi connectivity index (χ4n) is 1.80. The maximum absolute atomic E-state index is 11.1. The normalized spacial score (nSPS) is 20.9. The van der Waals surface area contributed by atoms with Crippen molar-refractivity contribution in [3.8, 4) is 0 Å². The molecule has 2 rings (SSSR count). The molecule has 1 amide bonds. The van der Waals surface area contributed by atoms with Crippen LogP contribution in [0.2, 0.25) is 0 Å². The molecule has 74 valence electrons. The van der Waals surface area contributed by atoms with E-state index in [9.17, 15) is 4.79 Å². The average molecular weight is 207 g/mol. The molecule has 0 saturated carbocycles. The monoisotopic (exact) mass is 207 g/mol. The van der Waals surface area contributed by atoms with Gasteiger partial charge < -0.3 is 5.32 Å². The Morgan fingerprint density at radius 1 is 1.43 bits per heavy atom. The molecule has 3 heteroatoms. The van der Waals surface area contributed by atoms with Crippen LogP contribution < -0.4 is 5.32 Å². The third-order valence-electron chi connectivity index (χ3n) is 2.51. The highest BCUT2D eigenvalue weighted by molar-refractivity contribution is 7.98. The first-order valence-corrected chi connectivity index (χ1v) is 5.96. The second kappa shape index (κ2) is 4.05. The Morgan fingerprint density at radius 2 is 2.21 bits per heavy atom. The smallest absolute Gasteiger partial charge is 0.220 e. The molecule has 1 atom stereocenters. The number of hydrogen-bond acceptors (Lipinski definition) is 2. The van der Waals surface area contributed by atoms with Crippen LogP contribution in [-0.4, -0.2) is 12.2 Å². The highest BCUT2D eigenvalue weighted by Crippen LogP contribution is 2.30. The zero-order chi connectivity index (χ0) is 9.97. The lowest BCUT2D eigenvalue weighted by Crippen LogP contribution is -2.18. The molecule has 0 radical (unpaired) electrons. The molecule has 1 heterocycles. The molecule has 1 fully saturated rings. The summed E-state index contributed by atoms with van der Waals surface area (Å²) in [5.41, 5.74) is 1.26. The fraction of sp³-hybridized carbons (Fsp3) is 0.364. The van der Waals surface area contributed by atoms with Gasteiger partial charge in [0.15, 0.2) is 0 Å². The Bertz CT molecular complexity index is 351. The molecule has 1 aromatic carbocycles. The largest absolute Gasteiger partial charge is 0.349 e. The van der Waals surface area contributed by atoms with Crippen molar-refractivity contribution >= 4 is 17.7 Å². The summed E-state index contributed by atoms with van der Waals surface area (Å²) in [6.07, 6.45) is 3.65. The Balaban J connectivity index is 2.27. The predicted octanol–water partition coefficient (Wildman–Crippen LogP) is 2.36. The van der Waals surface area contributed by atoms with Crippen LogP contribution in [0, 0.1) is 0 Å². The van der Waals surface area contributed by atoms with E-state index in [4.69, 9.17) is 0 Å². The first-order valence-electron chi connectivity index (χ1n) is 4.73. The van der Waals surface area contributed by atoms with Crippen molar-refractivity contribution in [2.45, 2.75) is 23.8 Å². The molecule has 14 heavy (non-hydrogen) atoms. The van der Waals surface area contributed by atoms with Gasteiger partial charge in [-0.1, -0.05) is 18.2 Å². The van der Waals surface area contributed by atoms with Gasteiger partial charge in [0.1, 0.15) is 0 Å². The molecular formula is C11H13NOS. The number of benzene rings is 1. The Kier molecular flexibility index (Phi) is 2.77. The van der Waals surface area contributed by atoms with Crippen molar-refractivity contribution in [2.24, 2.45) is 0 Å². The Morgan fingerprint density at radius 3 is 2.86 bits per heavy atom. The molecule has 0 aliphatic carbocycles. The molecule has 0 bridgehead atoms. The van der Waals surface area contributed by atoms with Gasteiger partial charge in [-0.25, -0.2) is 0 Å². The molecule has 0 aromatic heterocycles. The SMILES string of the molecule is CSc1ccccc1C1CCC(=O)N1. The number of carbonyl (C=O) groups is 1. The lowest BCUT2D eigenvalue weighted by molar-refractivity contribution is -0.119. The summed E-state index contributed by atoms with van der Waals surface area (Å²) in [5, 5.41) is 2.99. The summed E-state index contributed by atoms with van der Waals surface area (Å²) in [4.78, 5) is 12.4. The van der Waals surface area contributed by atoms with Gasteiger partial charge in [0.05, 0.1) is 6.04 Å². The molecule has 1 unspecified atom stereocenters. The van der Waals surface area contributed by atoms with Crippen molar-refractivity contribution in [2.75, 3.05) is 6.26 Å². The standard InChI is InChI=1S/C11H13NOS/c1-14-10-5-3-2-4-8(10)9-6-7-11(13)12-9/h2-5,9H,6-7H2,1H3,(H,12,13). The molecule has 1 saturated heterocycles. The minimum Gasteiger partial charge on any atom is -0.349 e. The second-order valence-electron chi connectivity index (χ2n) is 3.40. The molecule has 2 nitrogen and oxygen atoms in total. The third-order valence-corrected chi connectivity index (χ3v) is 3.32. The van der Waals surface area contributed by atoms with E-state index in [2.05, 4.69) is 23.7 Å². The van der Waals surface area contributed by atoms with Crippen LogP contribution in [0.15, 0.2) is 29.2 Å². The van der Waals surface area contributed by atoms with Crippen molar-refractivity contribution in [1.82, 2.24) is 5.32 Å². The van der Waals surface area contributed by atoms with Crippen molar-refractivity contribution in [1.29, 1.82) is 0 Å². The molecule has 1 aromatic rings.